The molecule has 1 rings (SSSR count). The fourth-order valence-corrected chi connectivity index (χ4v) is 0.279. The van der Waals surface area contributed by atoms with E-state index in [4.69, 9.17) is 0 Å². The molecule has 1 aliphatic heterocycles. The summed E-state index contributed by atoms with van der Waals surface area (Å²) in [6, 6.07) is 0. The molecule has 0 bridgehead atoms. The SMILES string of the molecule is CC1=NNOC1. The summed E-state index contributed by atoms with van der Waals surface area (Å²) in [4.78, 5) is 4.60. The van der Waals surface area contributed by atoms with E-state index in [-0.39, 0.29) is 0 Å². The van der Waals surface area contributed by atoms with Gasteiger partial charge >= 0.3 is 0 Å². The van der Waals surface area contributed by atoms with Crippen LogP contribution in [0.15, 0.2) is 5.10 Å². The fraction of sp³-hybridized carbons (Fsp3) is 0.667. The van der Waals surface area contributed by atoms with Gasteiger partial charge in [-0.3, -0.25) is 4.84 Å². The molecule has 0 aromatic rings. The summed E-state index contributed by atoms with van der Waals surface area (Å²) in [6.45, 7) is 2.53. The number of hydrazone groups is 1. The van der Waals surface area contributed by atoms with E-state index in [2.05, 4.69) is 15.5 Å². The average Bonchev–Trinajstić information content (AvgIpc) is 1.86. The Morgan fingerprint density at radius 3 is 3.00 bits per heavy atom. The van der Waals surface area contributed by atoms with Crippen molar-refractivity contribution in [2.75, 3.05) is 6.61 Å². The van der Waals surface area contributed by atoms with Gasteiger partial charge in [0.2, 0.25) is 0 Å². The molecule has 0 unspecified atom stereocenters. The third-order valence-corrected chi connectivity index (χ3v) is 0.582. The molecule has 3 nitrogen and oxygen atoms in total. The minimum absolute atomic E-state index is 0.625. The highest BCUT2D eigenvalue weighted by Crippen LogP contribution is 1.82. The first-order valence-corrected chi connectivity index (χ1v) is 1.79. The second kappa shape index (κ2) is 1.26. The molecule has 0 spiro atoms. The third-order valence-electron chi connectivity index (χ3n) is 0.582. The van der Waals surface area contributed by atoms with Crippen LogP contribution < -0.4 is 5.59 Å². The summed E-state index contributed by atoms with van der Waals surface area (Å²) in [5.41, 5.74) is 3.36. The molecule has 1 heterocycles. The van der Waals surface area contributed by atoms with E-state index in [0.29, 0.717) is 6.61 Å². The Kier molecular flexibility index (Phi) is 0.759. The lowest BCUT2D eigenvalue weighted by molar-refractivity contribution is 0.0941. The minimum atomic E-state index is 0.625. The minimum Gasteiger partial charge on any atom is -0.253 e. The third kappa shape index (κ3) is 0.490. The number of hydrogen-bond acceptors (Lipinski definition) is 3. The maximum Gasteiger partial charge on any atom is 0.116 e. The Hall–Kier alpha value is -0.570. The quantitative estimate of drug-likeness (QED) is 0.446. The van der Waals surface area contributed by atoms with Gasteiger partial charge in [-0.05, 0) is 6.92 Å². The van der Waals surface area contributed by atoms with Crippen LogP contribution in [-0.2, 0) is 4.84 Å². The molecule has 0 atom stereocenters. The number of nitrogens with one attached hydrogen (secondary N) is 1. The summed E-state index contributed by atoms with van der Waals surface area (Å²) in [6.07, 6.45) is 0. The van der Waals surface area contributed by atoms with Gasteiger partial charge in [-0.2, -0.15) is 10.7 Å². The molecule has 0 amide bonds. The van der Waals surface area contributed by atoms with Crippen LogP contribution in [0.1, 0.15) is 6.92 Å². The van der Waals surface area contributed by atoms with Crippen molar-refractivity contribution in [3.05, 3.63) is 0 Å². The number of hydrogen-bond donors (Lipinski definition) is 1. The van der Waals surface area contributed by atoms with Crippen LogP contribution in [0.25, 0.3) is 0 Å². The van der Waals surface area contributed by atoms with Gasteiger partial charge in [-0.25, -0.2) is 0 Å². The van der Waals surface area contributed by atoms with Crippen LogP contribution in [0.4, 0.5) is 0 Å². The summed E-state index contributed by atoms with van der Waals surface area (Å²) in [7, 11) is 0. The number of rotatable bonds is 0. The van der Waals surface area contributed by atoms with Crippen LogP contribution in [0, 0.1) is 0 Å². The monoisotopic (exact) mass is 86.0 g/mol. The van der Waals surface area contributed by atoms with Gasteiger partial charge in [0.15, 0.2) is 0 Å². The molecule has 6 heavy (non-hydrogen) atoms. The summed E-state index contributed by atoms with van der Waals surface area (Å²) >= 11 is 0. The smallest absolute Gasteiger partial charge is 0.116 e. The highest BCUT2D eigenvalue weighted by Gasteiger charge is 1.95. The first-order chi connectivity index (χ1) is 2.89. The molecule has 0 aromatic carbocycles. The molecular formula is C3H6N2O. The van der Waals surface area contributed by atoms with Crippen molar-refractivity contribution < 1.29 is 4.84 Å². The molecule has 0 fully saturated rings. The lowest BCUT2D eigenvalue weighted by Crippen LogP contribution is -1.97. The van der Waals surface area contributed by atoms with Gasteiger partial charge in [-0.1, -0.05) is 0 Å². The fourth-order valence-electron chi connectivity index (χ4n) is 0.279. The predicted octanol–water partition coefficient (Wildman–Crippen LogP) is -0.103. The van der Waals surface area contributed by atoms with Crippen LogP contribution in [0.5, 0.6) is 0 Å². The molecular weight excluding hydrogens is 80.0 g/mol. The van der Waals surface area contributed by atoms with Crippen LogP contribution in [0.2, 0.25) is 0 Å². The molecule has 0 saturated carbocycles. The average molecular weight is 86.1 g/mol. The highest BCUT2D eigenvalue weighted by atomic mass is 16.7. The zero-order valence-corrected chi connectivity index (χ0v) is 3.56. The van der Waals surface area contributed by atoms with E-state index < -0.39 is 0 Å². The Morgan fingerprint density at radius 1 is 2.00 bits per heavy atom. The summed E-state index contributed by atoms with van der Waals surface area (Å²) < 4.78 is 0. The van der Waals surface area contributed by atoms with Crippen LogP contribution in [0.3, 0.4) is 0 Å². The van der Waals surface area contributed by atoms with E-state index in [9.17, 15) is 0 Å². The van der Waals surface area contributed by atoms with Crippen molar-refractivity contribution in [1.82, 2.24) is 5.59 Å². The van der Waals surface area contributed by atoms with Crippen molar-refractivity contribution in [3.63, 3.8) is 0 Å². The van der Waals surface area contributed by atoms with Crippen molar-refractivity contribution in [2.45, 2.75) is 6.92 Å². The zero-order valence-electron chi connectivity index (χ0n) is 3.56. The second-order valence-corrected chi connectivity index (χ2v) is 1.23. The van der Waals surface area contributed by atoms with Crippen LogP contribution >= 0.6 is 0 Å². The zero-order chi connectivity index (χ0) is 4.41. The summed E-state index contributed by atoms with van der Waals surface area (Å²) in [5.74, 6) is 0. The Labute approximate surface area is 35.9 Å². The summed E-state index contributed by atoms with van der Waals surface area (Å²) in [5, 5.41) is 3.68. The Morgan fingerprint density at radius 2 is 2.83 bits per heavy atom. The van der Waals surface area contributed by atoms with Crippen molar-refractivity contribution in [1.29, 1.82) is 0 Å². The second-order valence-electron chi connectivity index (χ2n) is 1.23. The van der Waals surface area contributed by atoms with Gasteiger partial charge in [0, 0.05) is 0 Å². The first-order valence-electron chi connectivity index (χ1n) is 1.79. The predicted molar refractivity (Wildman–Crippen MR) is 22.2 cm³/mol. The molecule has 0 radical (unpaired) electrons. The first kappa shape index (κ1) is 3.61. The van der Waals surface area contributed by atoms with E-state index in [1.54, 1.807) is 0 Å². The molecule has 0 aromatic heterocycles. The van der Waals surface area contributed by atoms with Crippen molar-refractivity contribution in [2.24, 2.45) is 5.10 Å². The van der Waals surface area contributed by atoms with Crippen molar-refractivity contribution >= 4 is 5.71 Å². The Balaban J connectivity index is 2.45. The van der Waals surface area contributed by atoms with Gasteiger partial charge in [0.25, 0.3) is 0 Å². The van der Waals surface area contributed by atoms with E-state index >= 15 is 0 Å². The maximum absolute atomic E-state index is 4.60. The molecule has 0 saturated heterocycles. The highest BCUT2D eigenvalue weighted by molar-refractivity contribution is 5.83. The molecule has 0 aliphatic carbocycles. The van der Waals surface area contributed by atoms with E-state index in [0.717, 1.165) is 5.71 Å². The van der Waals surface area contributed by atoms with E-state index in [1.165, 1.54) is 0 Å². The standard InChI is InChI=1S/C3H6N2O/c1-3-2-6-5-4-3/h5H,2H2,1H3. The molecule has 3 heteroatoms. The molecule has 1 N–H and O–H groups in total. The maximum atomic E-state index is 4.60. The lowest BCUT2D eigenvalue weighted by Gasteiger charge is -1.80. The van der Waals surface area contributed by atoms with Crippen LogP contribution in [-0.4, -0.2) is 12.3 Å². The lowest BCUT2D eigenvalue weighted by atomic mass is 10.5. The van der Waals surface area contributed by atoms with Gasteiger partial charge in [0.05, 0.1) is 5.71 Å². The van der Waals surface area contributed by atoms with E-state index in [1.807, 2.05) is 6.92 Å². The molecule has 34 valence electrons. The van der Waals surface area contributed by atoms with Gasteiger partial charge < -0.3 is 0 Å². The van der Waals surface area contributed by atoms with Gasteiger partial charge in [-0.15, -0.1) is 0 Å². The largest absolute Gasteiger partial charge is 0.253 e. The Bertz CT molecular complexity index is 78.9. The van der Waals surface area contributed by atoms with Gasteiger partial charge in [0.1, 0.15) is 6.61 Å². The number of nitrogens with zero attached hydrogens (tertiary/aromatic N) is 1. The topological polar surface area (TPSA) is 33.6 Å². The normalized spacial score (nSPS) is 19.8. The van der Waals surface area contributed by atoms with Crippen molar-refractivity contribution in [3.8, 4) is 0 Å². The molecule has 1 aliphatic rings.